The minimum Gasteiger partial charge on any atom is -0.497 e. The van der Waals surface area contributed by atoms with Gasteiger partial charge in [0.1, 0.15) is 23.7 Å². The molecule has 168 valence electrons. The van der Waals surface area contributed by atoms with Crippen molar-refractivity contribution in [1.82, 2.24) is 4.90 Å². The SMILES string of the molecule is CC[C@@H]1COC2=C(C(=O)Nc3ccc(OC)cc3)[C@H](C)N(c3ccc(OC)cc3)C(=O)N21. The van der Waals surface area contributed by atoms with Gasteiger partial charge in [0.15, 0.2) is 0 Å². The molecule has 0 aromatic heterocycles. The van der Waals surface area contributed by atoms with Gasteiger partial charge in [-0.15, -0.1) is 0 Å². The molecule has 0 radical (unpaired) electrons. The van der Waals surface area contributed by atoms with Crippen molar-refractivity contribution < 1.29 is 23.8 Å². The molecule has 0 unspecified atom stereocenters. The molecule has 4 rings (SSSR count). The molecule has 2 aromatic rings. The Morgan fingerprint density at radius 2 is 1.62 bits per heavy atom. The van der Waals surface area contributed by atoms with Crippen molar-refractivity contribution in [2.75, 3.05) is 31.0 Å². The van der Waals surface area contributed by atoms with Gasteiger partial charge in [0, 0.05) is 11.4 Å². The summed E-state index contributed by atoms with van der Waals surface area (Å²) in [5, 5.41) is 2.93. The van der Waals surface area contributed by atoms with Crippen molar-refractivity contribution in [3.8, 4) is 11.5 Å². The third-order valence-corrected chi connectivity index (χ3v) is 5.86. The molecule has 8 nitrogen and oxygen atoms in total. The Hall–Kier alpha value is -3.68. The largest absolute Gasteiger partial charge is 0.497 e. The van der Waals surface area contributed by atoms with E-state index < -0.39 is 6.04 Å². The van der Waals surface area contributed by atoms with E-state index in [0.717, 1.165) is 0 Å². The highest BCUT2D eigenvalue weighted by molar-refractivity contribution is 6.09. The monoisotopic (exact) mass is 437 g/mol. The third kappa shape index (κ3) is 3.72. The number of amides is 3. The van der Waals surface area contributed by atoms with Crippen LogP contribution in [0.2, 0.25) is 0 Å². The highest BCUT2D eigenvalue weighted by Crippen LogP contribution is 2.37. The average Bonchev–Trinajstić information content (AvgIpc) is 3.24. The fourth-order valence-electron chi connectivity index (χ4n) is 4.06. The highest BCUT2D eigenvalue weighted by atomic mass is 16.5. The number of benzene rings is 2. The van der Waals surface area contributed by atoms with E-state index >= 15 is 0 Å². The van der Waals surface area contributed by atoms with E-state index in [9.17, 15) is 9.59 Å². The van der Waals surface area contributed by atoms with Crippen molar-refractivity contribution in [2.24, 2.45) is 0 Å². The minimum atomic E-state index is -0.531. The number of ether oxygens (including phenoxy) is 3. The van der Waals surface area contributed by atoms with Crippen LogP contribution in [0.4, 0.5) is 16.2 Å². The van der Waals surface area contributed by atoms with E-state index in [1.54, 1.807) is 60.4 Å². The van der Waals surface area contributed by atoms with Crippen LogP contribution < -0.4 is 19.7 Å². The maximum Gasteiger partial charge on any atom is 0.332 e. The Labute approximate surface area is 187 Å². The van der Waals surface area contributed by atoms with Gasteiger partial charge in [-0.2, -0.15) is 0 Å². The molecule has 1 N–H and O–H groups in total. The average molecular weight is 437 g/mol. The second kappa shape index (κ2) is 8.82. The number of hydrogen-bond donors (Lipinski definition) is 1. The first-order chi connectivity index (χ1) is 15.5. The lowest BCUT2D eigenvalue weighted by Crippen LogP contribution is -2.55. The molecule has 2 aliphatic rings. The first kappa shape index (κ1) is 21.5. The molecular weight excluding hydrogens is 410 g/mol. The van der Waals surface area contributed by atoms with Crippen LogP contribution in [0.1, 0.15) is 20.3 Å². The molecule has 1 saturated heterocycles. The van der Waals surface area contributed by atoms with Gasteiger partial charge in [-0.25, -0.2) is 4.79 Å². The number of carbonyl (C=O) groups excluding carboxylic acids is 2. The summed E-state index contributed by atoms with van der Waals surface area (Å²) in [6.45, 7) is 4.19. The molecule has 2 aromatic carbocycles. The number of nitrogens with one attached hydrogen (secondary N) is 1. The zero-order chi connectivity index (χ0) is 22.8. The molecule has 0 spiro atoms. The number of rotatable bonds is 6. The number of carbonyl (C=O) groups is 2. The van der Waals surface area contributed by atoms with Crippen LogP contribution >= 0.6 is 0 Å². The molecule has 1 fully saturated rings. The first-order valence-corrected chi connectivity index (χ1v) is 10.6. The second-order valence-corrected chi connectivity index (χ2v) is 7.67. The van der Waals surface area contributed by atoms with Crippen LogP contribution in [0.15, 0.2) is 60.0 Å². The summed E-state index contributed by atoms with van der Waals surface area (Å²) in [5.41, 5.74) is 1.71. The van der Waals surface area contributed by atoms with E-state index in [1.807, 2.05) is 26.0 Å². The van der Waals surface area contributed by atoms with Gasteiger partial charge >= 0.3 is 6.03 Å². The van der Waals surface area contributed by atoms with Crippen LogP contribution in [-0.4, -0.2) is 49.7 Å². The Bertz CT molecular complexity index is 1030. The molecule has 0 aliphatic carbocycles. The normalized spacial score (nSPS) is 20.1. The van der Waals surface area contributed by atoms with Crippen molar-refractivity contribution in [3.63, 3.8) is 0 Å². The van der Waals surface area contributed by atoms with Crippen LogP contribution in [0.25, 0.3) is 0 Å². The van der Waals surface area contributed by atoms with Crippen molar-refractivity contribution in [2.45, 2.75) is 32.4 Å². The predicted octanol–water partition coefficient (Wildman–Crippen LogP) is 3.99. The summed E-state index contributed by atoms with van der Waals surface area (Å²) in [6.07, 6.45) is 0.716. The first-order valence-electron chi connectivity index (χ1n) is 10.6. The van der Waals surface area contributed by atoms with Gasteiger partial charge in [0.05, 0.1) is 26.3 Å². The number of hydrogen-bond acceptors (Lipinski definition) is 5. The maximum absolute atomic E-state index is 13.5. The lowest BCUT2D eigenvalue weighted by Gasteiger charge is -2.40. The van der Waals surface area contributed by atoms with Crippen LogP contribution in [0, 0.1) is 0 Å². The minimum absolute atomic E-state index is 0.130. The van der Waals surface area contributed by atoms with Gasteiger partial charge < -0.3 is 19.5 Å². The van der Waals surface area contributed by atoms with E-state index in [0.29, 0.717) is 47.4 Å². The number of methoxy groups -OCH3 is 2. The Morgan fingerprint density at radius 3 is 2.19 bits per heavy atom. The standard InChI is InChI=1S/C24H27N3O5/c1-5-17-14-32-23-21(22(28)25-16-6-10-19(30-3)11-7-16)15(2)26(24(29)27(17)23)18-8-12-20(31-4)13-9-18/h6-13,15,17H,5,14H2,1-4H3,(H,25,28)/t15-,17+/m0/s1. The quantitative estimate of drug-likeness (QED) is 0.739. The third-order valence-electron chi connectivity index (χ3n) is 5.86. The molecule has 32 heavy (non-hydrogen) atoms. The van der Waals surface area contributed by atoms with Crippen LogP contribution in [0.3, 0.4) is 0 Å². The van der Waals surface area contributed by atoms with E-state index in [1.165, 1.54) is 0 Å². The van der Waals surface area contributed by atoms with Gasteiger partial charge in [0.25, 0.3) is 5.91 Å². The Balaban J connectivity index is 1.71. The fourth-order valence-corrected chi connectivity index (χ4v) is 4.06. The van der Waals surface area contributed by atoms with E-state index in [4.69, 9.17) is 14.2 Å². The number of fused-ring (bicyclic) bond motifs is 1. The molecule has 3 amide bonds. The van der Waals surface area contributed by atoms with E-state index in [-0.39, 0.29) is 18.0 Å². The van der Waals surface area contributed by atoms with Crippen LogP contribution in [0.5, 0.6) is 11.5 Å². The lowest BCUT2D eigenvalue weighted by atomic mass is 10.0. The molecule has 0 saturated carbocycles. The molecule has 0 bridgehead atoms. The molecule has 2 atom stereocenters. The van der Waals surface area contributed by atoms with Gasteiger partial charge in [-0.1, -0.05) is 6.92 Å². The second-order valence-electron chi connectivity index (χ2n) is 7.67. The van der Waals surface area contributed by atoms with E-state index in [2.05, 4.69) is 5.32 Å². The van der Waals surface area contributed by atoms with Gasteiger partial charge in [-0.05, 0) is 61.9 Å². The Morgan fingerprint density at radius 1 is 1.03 bits per heavy atom. The summed E-state index contributed by atoms with van der Waals surface area (Å²) in [7, 11) is 3.18. The number of nitrogens with zero attached hydrogens (tertiary/aromatic N) is 2. The Kier molecular flexibility index (Phi) is 5.94. The van der Waals surface area contributed by atoms with Crippen LogP contribution in [-0.2, 0) is 9.53 Å². The maximum atomic E-state index is 13.5. The summed E-state index contributed by atoms with van der Waals surface area (Å²) < 4.78 is 16.3. The highest BCUT2D eigenvalue weighted by Gasteiger charge is 2.47. The summed E-state index contributed by atoms with van der Waals surface area (Å²) in [4.78, 5) is 30.1. The lowest BCUT2D eigenvalue weighted by molar-refractivity contribution is -0.113. The summed E-state index contributed by atoms with van der Waals surface area (Å²) in [5.74, 6) is 1.41. The van der Waals surface area contributed by atoms with Crippen molar-refractivity contribution in [3.05, 3.63) is 60.0 Å². The van der Waals surface area contributed by atoms with Gasteiger partial charge in [-0.3, -0.25) is 14.6 Å². The van der Waals surface area contributed by atoms with Crippen molar-refractivity contribution in [1.29, 1.82) is 0 Å². The number of anilines is 2. The molecule has 2 aliphatic heterocycles. The zero-order valence-corrected chi connectivity index (χ0v) is 18.6. The van der Waals surface area contributed by atoms with Gasteiger partial charge in [0.2, 0.25) is 5.88 Å². The van der Waals surface area contributed by atoms with Crippen molar-refractivity contribution >= 4 is 23.3 Å². The topological polar surface area (TPSA) is 80.3 Å². The smallest absolute Gasteiger partial charge is 0.332 e. The predicted molar refractivity (Wildman–Crippen MR) is 121 cm³/mol. The molecular formula is C24H27N3O5. The summed E-state index contributed by atoms with van der Waals surface area (Å²) in [6, 6.07) is 13.4. The molecule has 8 heteroatoms. The fraction of sp³-hybridized carbons (Fsp3) is 0.333. The number of urea groups is 1. The summed E-state index contributed by atoms with van der Waals surface area (Å²) >= 11 is 0. The molecule has 2 heterocycles. The zero-order valence-electron chi connectivity index (χ0n) is 18.6.